The second-order valence-electron chi connectivity index (χ2n) is 6.31. The molecule has 7 nitrogen and oxygen atoms in total. The van der Waals surface area contributed by atoms with Crippen LogP contribution in [0.4, 0.5) is 5.69 Å². The van der Waals surface area contributed by atoms with Crippen molar-refractivity contribution in [2.75, 3.05) is 18.5 Å². The average Bonchev–Trinajstić information content (AvgIpc) is 3.01. The van der Waals surface area contributed by atoms with Crippen molar-refractivity contribution in [1.29, 1.82) is 0 Å². The van der Waals surface area contributed by atoms with Gasteiger partial charge in [0.15, 0.2) is 0 Å². The monoisotopic (exact) mass is 390 g/mol. The average molecular weight is 391 g/mol. The third-order valence-corrected chi connectivity index (χ3v) is 3.97. The SMILES string of the molecule is Cc1noc2nc(C(C)C)cc(C(=O)Nc3ccc(OCCN)cc3)c12.Cl. The molecule has 3 N–H and O–H groups in total. The molecule has 0 aliphatic heterocycles. The number of anilines is 1. The second-order valence-corrected chi connectivity index (χ2v) is 6.31. The van der Waals surface area contributed by atoms with Gasteiger partial charge in [-0.3, -0.25) is 4.79 Å². The number of nitrogens with two attached hydrogens (primary N) is 1. The Labute approximate surface area is 163 Å². The summed E-state index contributed by atoms with van der Waals surface area (Å²) >= 11 is 0. The second kappa shape index (κ2) is 8.83. The molecule has 3 rings (SSSR count). The molecular weight excluding hydrogens is 368 g/mol. The number of halogens is 1. The number of benzene rings is 1. The van der Waals surface area contributed by atoms with Crippen molar-refractivity contribution in [2.24, 2.45) is 5.73 Å². The molecule has 3 aromatic rings. The predicted octanol–water partition coefficient (Wildman–Crippen LogP) is 3.67. The van der Waals surface area contributed by atoms with E-state index in [-0.39, 0.29) is 24.2 Å². The van der Waals surface area contributed by atoms with Gasteiger partial charge in [-0.25, -0.2) is 4.98 Å². The summed E-state index contributed by atoms with van der Waals surface area (Å²) in [4.78, 5) is 17.3. The Balaban J connectivity index is 0.00000261. The van der Waals surface area contributed by atoms with Crippen LogP contribution in [-0.2, 0) is 0 Å². The third kappa shape index (κ3) is 4.56. The molecule has 0 atom stereocenters. The number of ether oxygens (including phenoxy) is 1. The molecule has 1 amide bonds. The predicted molar refractivity (Wildman–Crippen MR) is 107 cm³/mol. The minimum absolute atomic E-state index is 0. The van der Waals surface area contributed by atoms with Crippen LogP contribution in [0.1, 0.15) is 41.5 Å². The number of aromatic nitrogens is 2. The molecule has 0 radical (unpaired) electrons. The van der Waals surface area contributed by atoms with Crippen LogP contribution in [0.3, 0.4) is 0 Å². The lowest BCUT2D eigenvalue weighted by molar-refractivity contribution is 0.102. The number of amides is 1. The molecule has 27 heavy (non-hydrogen) atoms. The highest BCUT2D eigenvalue weighted by atomic mass is 35.5. The molecule has 0 spiro atoms. The molecule has 0 aliphatic carbocycles. The lowest BCUT2D eigenvalue weighted by Gasteiger charge is -2.10. The first-order valence-electron chi connectivity index (χ1n) is 8.50. The Morgan fingerprint density at radius 2 is 2.00 bits per heavy atom. The van der Waals surface area contributed by atoms with Crippen molar-refractivity contribution in [2.45, 2.75) is 26.7 Å². The number of carbonyl (C=O) groups excluding carboxylic acids is 1. The number of pyridine rings is 1. The molecule has 0 saturated carbocycles. The number of nitrogens with one attached hydrogen (secondary N) is 1. The summed E-state index contributed by atoms with van der Waals surface area (Å²) in [5.41, 5.74) is 8.38. The Bertz CT molecular complexity index is 923. The molecule has 2 heterocycles. The zero-order valence-corrected chi connectivity index (χ0v) is 16.3. The van der Waals surface area contributed by atoms with E-state index >= 15 is 0 Å². The van der Waals surface area contributed by atoms with E-state index in [4.69, 9.17) is 15.0 Å². The number of hydrogen-bond acceptors (Lipinski definition) is 6. The molecule has 0 unspecified atom stereocenters. The summed E-state index contributed by atoms with van der Waals surface area (Å²) < 4.78 is 10.7. The van der Waals surface area contributed by atoms with Gasteiger partial charge in [0.25, 0.3) is 11.6 Å². The standard InChI is InChI=1S/C19H22N4O3.ClH/c1-11(2)16-10-15(17-12(3)23-26-19(17)22-16)18(24)21-13-4-6-14(7-5-13)25-9-8-20;/h4-7,10-11H,8-9,20H2,1-3H3,(H,21,24);1H. The van der Waals surface area contributed by atoms with E-state index in [0.29, 0.717) is 46.9 Å². The first-order valence-corrected chi connectivity index (χ1v) is 8.50. The fourth-order valence-corrected chi connectivity index (χ4v) is 2.60. The number of fused-ring (bicyclic) bond motifs is 1. The summed E-state index contributed by atoms with van der Waals surface area (Å²) in [5.74, 6) is 0.633. The Morgan fingerprint density at radius 1 is 1.30 bits per heavy atom. The van der Waals surface area contributed by atoms with E-state index in [0.717, 1.165) is 5.69 Å². The zero-order valence-electron chi connectivity index (χ0n) is 15.5. The highest BCUT2D eigenvalue weighted by molar-refractivity contribution is 6.12. The van der Waals surface area contributed by atoms with Gasteiger partial charge in [0.2, 0.25) is 0 Å². The largest absolute Gasteiger partial charge is 0.492 e. The van der Waals surface area contributed by atoms with Crippen LogP contribution in [0.5, 0.6) is 5.75 Å². The van der Waals surface area contributed by atoms with Gasteiger partial charge in [0.1, 0.15) is 12.4 Å². The molecule has 8 heteroatoms. The van der Waals surface area contributed by atoms with Crippen LogP contribution >= 0.6 is 12.4 Å². The highest BCUT2D eigenvalue weighted by Crippen LogP contribution is 2.26. The van der Waals surface area contributed by atoms with Gasteiger partial charge >= 0.3 is 0 Å². The van der Waals surface area contributed by atoms with Crippen molar-refractivity contribution in [1.82, 2.24) is 10.1 Å². The molecule has 0 saturated heterocycles. The molecule has 0 bridgehead atoms. The van der Waals surface area contributed by atoms with Crippen molar-refractivity contribution in [3.63, 3.8) is 0 Å². The van der Waals surface area contributed by atoms with Gasteiger partial charge < -0.3 is 20.3 Å². The quantitative estimate of drug-likeness (QED) is 0.665. The summed E-state index contributed by atoms with van der Waals surface area (Å²) in [6.07, 6.45) is 0. The molecule has 144 valence electrons. The number of carbonyl (C=O) groups is 1. The Morgan fingerprint density at radius 3 is 2.63 bits per heavy atom. The van der Waals surface area contributed by atoms with Crippen LogP contribution in [0, 0.1) is 6.92 Å². The van der Waals surface area contributed by atoms with Crippen molar-refractivity contribution in [3.05, 3.63) is 47.3 Å². The zero-order chi connectivity index (χ0) is 18.7. The van der Waals surface area contributed by atoms with Gasteiger partial charge in [0.05, 0.1) is 16.6 Å². The minimum Gasteiger partial charge on any atom is -0.492 e. The smallest absolute Gasteiger partial charge is 0.259 e. The van der Waals surface area contributed by atoms with Crippen LogP contribution in [0.25, 0.3) is 11.1 Å². The van der Waals surface area contributed by atoms with Gasteiger partial charge in [-0.15, -0.1) is 12.4 Å². The van der Waals surface area contributed by atoms with Crippen molar-refractivity contribution < 1.29 is 14.1 Å². The Hall–Kier alpha value is -2.64. The van der Waals surface area contributed by atoms with Crippen LogP contribution < -0.4 is 15.8 Å². The lowest BCUT2D eigenvalue weighted by Crippen LogP contribution is -2.14. The van der Waals surface area contributed by atoms with Gasteiger partial charge in [-0.05, 0) is 43.2 Å². The normalized spacial score (nSPS) is 10.7. The first kappa shape index (κ1) is 20.7. The number of nitrogens with zero attached hydrogens (tertiary/aromatic N) is 2. The maximum Gasteiger partial charge on any atom is 0.259 e. The molecule has 0 aliphatic rings. The van der Waals surface area contributed by atoms with E-state index in [1.54, 1.807) is 37.3 Å². The number of rotatable bonds is 6. The summed E-state index contributed by atoms with van der Waals surface area (Å²) in [5, 5.41) is 7.48. The maximum absolute atomic E-state index is 12.9. The molecular formula is C19H23ClN4O3. The van der Waals surface area contributed by atoms with E-state index < -0.39 is 0 Å². The van der Waals surface area contributed by atoms with E-state index in [2.05, 4.69) is 15.5 Å². The van der Waals surface area contributed by atoms with E-state index in [1.165, 1.54) is 0 Å². The van der Waals surface area contributed by atoms with Crippen LogP contribution in [-0.4, -0.2) is 29.2 Å². The van der Waals surface area contributed by atoms with Crippen molar-refractivity contribution >= 4 is 35.1 Å². The summed E-state index contributed by atoms with van der Waals surface area (Å²) in [6, 6.07) is 8.94. The summed E-state index contributed by atoms with van der Waals surface area (Å²) in [6.45, 7) is 6.72. The van der Waals surface area contributed by atoms with E-state index in [1.807, 2.05) is 13.8 Å². The minimum atomic E-state index is -0.235. The topological polar surface area (TPSA) is 103 Å². The van der Waals surface area contributed by atoms with Crippen LogP contribution in [0.2, 0.25) is 0 Å². The highest BCUT2D eigenvalue weighted by Gasteiger charge is 2.19. The first-order chi connectivity index (χ1) is 12.5. The van der Waals surface area contributed by atoms with Gasteiger partial charge in [0, 0.05) is 17.9 Å². The molecule has 1 aromatic carbocycles. The van der Waals surface area contributed by atoms with Gasteiger partial charge in [-0.2, -0.15) is 0 Å². The summed E-state index contributed by atoms with van der Waals surface area (Å²) in [7, 11) is 0. The lowest BCUT2D eigenvalue weighted by atomic mass is 10.0. The molecule has 2 aromatic heterocycles. The van der Waals surface area contributed by atoms with Crippen LogP contribution in [0.15, 0.2) is 34.9 Å². The number of aryl methyl sites for hydroxylation is 1. The van der Waals surface area contributed by atoms with Gasteiger partial charge in [-0.1, -0.05) is 19.0 Å². The third-order valence-electron chi connectivity index (χ3n) is 3.97. The Kier molecular flexibility index (Phi) is 6.76. The number of hydrogen-bond donors (Lipinski definition) is 2. The maximum atomic E-state index is 12.9. The fourth-order valence-electron chi connectivity index (χ4n) is 2.60. The fraction of sp³-hybridized carbons (Fsp3) is 0.316. The van der Waals surface area contributed by atoms with E-state index in [9.17, 15) is 4.79 Å². The van der Waals surface area contributed by atoms with Crippen molar-refractivity contribution in [3.8, 4) is 5.75 Å². The molecule has 0 fully saturated rings.